The number of nitrogens with zero attached hydrogens (tertiary/aromatic N) is 12. The molecule has 4 heterocycles. The molecule has 0 aliphatic heterocycles. The predicted molar refractivity (Wildman–Crippen MR) is 187 cm³/mol. The molecule has 0 aliphatic carbocycles. The van der Waals surface area contributed by atoms with Crippen LogP contribution in [0.1, 0.15) is 11.6 Å². The zero-order valence-electron chi connectivity index (χ0n) is 26.9. The van der Waals surface area contributed by atoms with Crippen LogP contribution in [0.15, 0.2) is 121 Å². The van der Waals surface area contributed by atoms with E-state index in [2.05, 4.69) is 40.6 Å². The lowest BCUT2D eigenvalue weighted by Gasteiger charge is -2.18. The lowest BCUT2D eigenvalue weighted by molar-refractivity contribution is 0.816. The van der Waals surface area contributed by atoms with Gasteiger partial charge < -0.3 is 9.80 Å². The molecule has 0 saturated heterocycles. The van der Waals surface area contributed by atoms with Crippen LogP contribution in [0.3, 0.4) is 0 Å². The predicted octanol–water partition coefficient (Wildman–Crippen LogP) is 6.57. The van der Waals surface area contributed by atoms with E-state index in [1.807, 2.05) is 159 Å². The Hall–Kier alpha value is -6.56. The number of rotatable bonds is 6. The van der Waals surface area contributed by atoms with Gasteiger partial charge in [0.15, 0.2) is 34.0 Å². The number of aryl methyl sites for hydroxylation is 2. The first-order valence-corrected chi connectivity index (χ1v) is 15.4. The summed E-state index contributed by atoms with van der Waals surface area (Å²) in [6, 6.07) is 39.8. The van der Waals surface area contributed by atoms with Gasteiger partial charge in [0, 0.05) is 25.5 Å². The van der Waals surface area contributed by atoms with Crippen LogP contribution in [0.2, 0.25) is 0 Å². The molecule has 0 amide bonds. The van der Waals surface area contributed by atoms with Crippen LogP contribution in [-0.2, 0) is 0 Å². The first kappa shape index (κ1) is 30.1. The molecule has 12 heteroatoms. The number of aromatic nitrogens is 10. The highest BCUT2D eigenvalue weighted by Crippen LogP contribution is 2.29. The Morgan fingerprint density at radius 3 is 1.12 bits per heavy atom. The monoisotopic (exact) mass is 632 g/mol. The molecular weight excluding hydrogens is 600 g/mol. The molecule has 4 aromatic carbocycles. The van der Waals surface area contributed by atoms with Gasteiger partial charge in [0.2, 0.25) is 0 Å². The number of benzene rings is 4. The van der Waals surface area contributed by atoms with Crippen molar-refractivity contribution in [1.29, 1.82) is 0 Å². The minimum Gasteiger partial charge on any atom is -0.327 e. The molecule has 0 N–H and O–H groups in total. The summed E-state index contributed by atoms with van der Waals surface area (Å²) in [6.07, 6.45) is 0. The van der Waals surface area contributed by atoms with Crippen LogP contribution in [0, 0.1) is 13.8 Å². The molecule has 0 spiro atoms. The van der Waals surface area contributed by atoms with Crippen LogP contribution >= 0.6 is 0 Å². The van der Waals surface area contributed by atoms with Crippen molar-refractivity contribution >= 4 is 45.3 Å². The summed E-state index contributed by atoms with van der Waals surface area (Å²) in [5.74, 6) is 2.84. The van der Waals surface area contributed by atoms with E-state index in [4.69, 9.17) is 0 Å². The number of fused-ring (bicyclic) bond motifs is 2. The summed E-state index contributed by atoms with van der Waals surface area (Å²) in [7, 11) is 3.94. The number of anilines is 4. The molecule has 0 radical (unpaired) electrons. The standard InChI is InChI=1S/2C18H16N6/c2*1-13-19-17(23(2)14-9-5-3-6-10-14)16-18(20-13)24(22-21-16)15-11-7-4-8-12-15/h2*3-12H,1-2H3. The molecule has 0 fully saturated rings. The van der Waals surface area contributed by atoms with Gasteiger partial charge in [-0.2, -0.15) is 9.36 Å². The Balaban J connectivity index is 0.000000152. The normalized spacial score (nSPS) is 10.9. The number of hydrogen-bond acceptors (Lipinski definition) is 10. The van der Waals surface area contributed by atoms with Gasteiger partial charge in [-0.15, -0.1) is 10.2 Å². The third kappa shape index (κ3) is 5.89. The second kappa shape index (κ2) is 13.0. The largest absolute Gasteiger partial charge is 0.327 e. The molecule has 8 rings (SSSR count). The molecule has 0 aliphatic rings. The third-order valence-corrected chi connectivity index (χ3v) is 7.71. The van der Waals surface area contributed by atoms with E-state index in [1.54, 1.807) is 9.36 Å². The minimum atomic E-state index is 0.677. The summed E-state index contributed by atoms with van der Waals surface area (Å²) in [4.78, 5) is 22.3. The van der Waals surface area contributed by atoms with Crippen LogP contribution in [0.4, 0.5) is 23.0 Å². The Morgan fingerprint density at radius 1 is 0.438 bits per heavy atom. The Morgan fingerprint density at radius 2 is 0.771 bits per heavy atom. The van der Waals surface area contributed by atoms with E-state index in [-0.39, 0.29) is 0 Å². The second-order valence-electron chi connectivity index (χ2n) is 11.0. The molecule has 0 atom stereocenters. The zero-order valence-corrected chi connectivity index (χ0v) is 26.9. The van der Waals surface area contributed by atoms with Crippen molar-refractivity contribution in [1.82, 2.24) is 49.9 Å². The topological polar surface area (TPSA) is 119 Å². The van der Waals surface area contributed by atoms with Crippen molar-refractivity contribution in [3.05, 3.63) is 133 Å². The minimum absolute atomic E-state index is 0.677. The van der Waals surface area contributed by atoms with Gasteiger partial charge in [-0.3, -0.25) is 0 Å². The SMILES string of the molecule is Cc1nc(N(C)c2ccccc2)c2nnn(-c3ccccc3)c2n1.Cc1nc(N(C)c2ccccc2)c2nnn(-c3ccccc3)c2n1. The molecule has 0 bridgehead atoms. The highest BCUT2D eigenvalue weighted by atomic mass is 15.5. The van der Waals surface area contributed by atoms with E-state index in [9.17, 15) is 0 Å². The highest BCUT2D eigenvalue weighted by Gasteiger charge is 2.19. The smallest absolute Gasteiger partial charge is 0.189 e. The van der Waals surface area contributed by atoms with Crippen molar-refractivity contribution in [2.45, 2.75) is 13.8 Å². The first-order valence-electron chi connectivity index (χ1n) is 15.4. The van der Waals surface area contributed by atoms with Gasteiger partial charge in [0.1, 0.15) is 11.6 Å². The third-order valence-electron chi connectivity index (χ3n) is 7.71. The lowest BCUT2D eigenvalue weighted by atomic mass is 10.3. The van der Waals surface area contributed by atoms with Gasteiger partial charge in [-0.25, -0.2) is 19.9 Å². The van der Waals surface area contributed by atoms with Crippen LogP contribution in [-0.4, -0.2) is 64.0 Å². The van der Waals surface area contributed by atoms with E-state index in [1.165, 1.54) is 0 Å². The van der Waals surface area contributed by atoms with Gasteiger partial charge >= 0.3 is 0 Å². The fourth-order valence-electron chi connectivity index (χ4n) is 5.31. The highest BCUT2D eigenvalue weighted by molar-refractivity contribution is 5.87. The van der Waals surface area contributed by atoms with Crippen molar-refractivity contribution < 1.29 is 0 Å². The van der Waals surface area contributed by atoms with Gasteiger partial charge in [-0.05, 0) is 62.4 Å². The van der Waals surface area contributed by atoms with Crippen molar-refractivity contribution in [2.24, 2.45) is 0 Å². The Bertz CT molecular complexity index is 2120. The lowest BCUT2D eigenvalue weighted by Crippen LogP contribution is -2.13. The summed E-state index contributed by atoms with van der Waals surface area (Å²) in [5, 5.41) is 17.2. The maximum Gasteiger partial charge on any atom is 0.189 e. The maximum atomic E-state index is 4.58. The molecule has 4 aromatic heterocycles. The van der Waals surface area contributed by atoms with E-state index < -0.39 is 0 Å². The first-order chi connectivity index (χ1) is 23.5. The fourth-order valence-corrected chi connectivity index (χ4v) is 5.31. The van der Waals surface area contributed by atoms with Crippen LogP contribution in [0.5, 0.6) is 0 Å². The van der Waals surface area contributed by atoms with Gasteiger partial charge in [0.05, 0.1) is 11.4 Å². The fraction of sp³-hybridized carbons (Fsp3) is 0.111. The molecule has 236 valence electrons. The zero-order chi connectivity index (χ0) is 33.0. The van der Waals surface area contributed by atoms with Crippen molar-refractivity contribution in [2.75, 3.05) is 23.9 Å². The Kier molecular flexibility index (Phi) is 8.18. The quantitative estimate of drug-likeness (QED) is 0.199. The van der Waals surface area contributed by atoms with Crippen LogP contribution in [0.25, 0.3) is 33.7 Å². The van der Waals surface area contributed by atoms with Gasteiger partial charge in [-0.1, -0.05) is 83.2 Å². The number of para-hydroxylation sites is 4. The molecule has 0 unspecified atom stereocenters. The Labute approximate surface area is 277 Å². The summed E-state index contributed by atoms with van der Waals surface area (Å²) >= 11 is 0. The van der Waals surface area contributed by atoms with E-state index in [0.29, 0.717) is 34.0 Å². The molecule has 12 nitrogen and oxygen atoms in total. The van der Waals surface area contributed by atoms with E-state index in [0.717, 1.165) is 34.4 Å². The van der Waals surface area contributed by atoms with Gasteiger partial charge in [0.25, 0.3) is 0 Å². The van der Waals surface area contributed by atoms with Crippen molar-refractivity contribution in [3.63, 3.8) is 0 Å². The average Bonchev–Trinajstić information content (AvgIpc) is 3.77. The molecule has 0 saturated carbocycles. The second-order valence-corrected chi connectivity index (χ2v) is 11.0. The average molecular weight is 633 g/mol. The molecular formula is C36H32N12. The summed E-state index contributed by atoms with van der Waals surface area (Å²) in [6.45, 7) is 3.76. The van der Waals surface area contributed by atoms with Crippen molar-refractivity contribution in [3.8, 4) is 11.4 Å². The van der Waals surface area contributed by atoms with Crippen LogP contribution < -0.4 is 9.80 Å². The summed E-state index contributed by atoms with van der Waals surface area (Å²) < 4.78 is 3.48. The molecule has 8 aromatic rings. The number of hydrogen-bond donors (Lipinski definition) is 0. The summed E-state index contributed by atoms with van der Waals surface area (Å²) in [5.41, 5.74) is 6.67. The maximum absolute atomic E-state index is 4.58. The van der Waals surface area contributed by atoms with E-state index >= 15 is 0 Å². The molecule has 48 heavy (non-hydrogen) atoms.